The zero-order valence-corrected chi connectivity index (χ0v) is 16.8. The molecule has 4 rings (SSSR count). The molecule has 0 saturated carbocycles. The monoisotopic (exact) mass is 463 g/mol. The Morgan fingerprint density at radius 3 is 2.44 bits per heavy atom. The topological polar surface area (TPSA) is 73.2 Å². The maximum Gasteiger partial charge on any atom is 0.573 e. The highest BCUT2D eigenvalue weighted by atomic mass is 32.1. The van der Waals surface area contributed by atoms with Crippen molar-refractivity contribution in [1.82, 2.24) is 9.55 Å². The number of hydrogen-bond donors (Lipinski definition) is 1. The van der Waals surface area contributed by atoms with E-state index in [4.69, 9.17) is 0 Å². The standard InChI is InChI=1S/C21H13F4N3O3S/c22-13-3-1-12(2-4-13)16-10-32-19-18(16)20(30)28(11-26-19)9-17(29)27-14-5-7-15(8-6-14)31-21(23,24)25/h1-8,10-11H,9H2,(H,27,29). The number of hydrogen-bond acceptors (Lipinski definition) is 5. The van der Waals surface area contributed by atoms with Crippen LogP contribution in [0.25, 0.3) is 21.3 Å². The smallest absolute Gasteiger partial charge is 0.406 e. The fourth-order valence-electron chi connectivity index (χ4n) is 3.02. The van der Waals surface area contributed by atoms with E-state index in [1.54, 1.807) is 17.5 Å². The number of halogens is 4. The van der Waals surface area contributed by atoms with Gasteiger partial charge in [-0.2, -0.15) is 0 Å². The van der Waals surface area contributed by atoms with Gasteiger partial charge in [-0.15, -0.1) is 24.5 Å². The third-order valence-corrected chi connectivity index (χ3v) is 5.29. The Morgan fingerprint density at radius 1 is 1.09 bits per heavy atom. The highest BCUT2D eigenvalue weighted by molar-refractivity contribution is 7.17. The van der Waals surface area contributed by atoms with Crippen LogP contribution < -0.4 is 15.6 Å². The van der Waals surface area contributed by atoms with E-state index >= 15 is 0 Å². The molecule has 6 nitrogen and oxygen atoms in total. The number of carbonyl (C=O) groups excluding carboxylic acids is 1. The van der Waals surface area contributed by atoms with Gasteiger partial charge < -0.3 is 10.1 Å². The maximum atomic E-state index is 13.2. The van der Waals surface area contributed by atoms with Crippen molar-refractivity contribution in [3.8, 4) is 16.9 Å². The normalized spacial score (nSPS) is 11.5. The number of anilines is 1. The second-order valence-corrected chi connectivity index (χ2v) is 7.49. The van der Waals surface area contributed by atoms with E-state index in [-0.39, 0.29) is 12.2 Å². The first-order chi connectivity index (χ1) is 15.2. The molecule has 0 unspecified atom stereocenters. The quantitative estimate of drug-likeness (QED) is 0.432. The molecule has 4 aromatic rings. The highest BCUT2D eigenvalue weighted by Gasteiger charge is 2.31. The molecule has 0 atom stereocenters. The first-order valence-corrected chi connectivity index (χ1v) is 9.96. The van der Waals surface area contributed by atoms with Gasteiger partial charge in [0.25, 0.3) is 5.56 Å². The first-order valence-electron chi connectivity index (χ1n) is 9.08. The average molecular weight is 463 g/mol. The van der Waals surface area contributed by atoms with Crippen LogP contribution in [0.5, 0.6) is 5.75 Å². The predicted octanol–water partition coefficient (Wildman–Crippen LogP) is 4.80. The van der Waals surface area contributed by atoms with Gasteiger partial charge in [0.2, 0.25) is 5.91 Å². The van der Waals surface area contributed by atoms with Gasteiger partial charge >= 0.3 is 6.36 Å². The third kappa shape index (κ3) is 4.78. The Hall–Kier alpha value is -3.73. The molecule has 0 fully saturated rings. The van der Waals surface area contributed by atoms with Crippen LogP contribution in [0.4, 0.5) is 23.2 Å². The Labute approximate surface area is 181 Å². The number of aromatic nitrogens is 2. The van der Waals surface area contributed by atoms with E-state index in [1.807, 2.05) is 0 Å². The number of alkyl halides is 3. The lowest BCUT2D eigenvalue weighted by Gasteiger charge is -2.10. The summed E-state index contributed by atoms with van der Waals surface area (Å²) in [5, 5.41) is 4.55. The number of benzene rings is 2. The summed E-state index contributed by atoms with van der Waals surface area (Å²) in [4.78, 5) is 30.0. The van der Waals surface area contributed by atoms with Crippen LogP contribution in [0.3, 0.4) is 0 Å². The van der Waals surface area contributed by atoms with Gasteiger partial charge in [0.15, 0.2) is 0 Å². The summed E-state index contributed by atoms with van der Waals surface area (Å²) in [7, 11) is 0. The Bertz CT molecular complexity index is 1330. The first kappa shape index (κ1) is 21.5. The summed E-state index contributed by atoms with van der Waals surface area (Å²) >= 11 is 1.25. The number of carbonyl (C=O) groups is 1. The molecule has 2 aromatic heterocycles. The molecule has 0 aliphatic carbocycles. The number of nitrogens with one attached hydrogen (secondary N) is 1. The van der Waals surface area contributed by atoms with Crippen LogP contribution >= 0.6 is 11.3 Å². The second kappa shape index (κ2) is 8.42. The maximum absolute atomic E-state index is 13.2. The molecule has 164 valence electrons. The molecule has 0 radical (unpaired) electrons. The van der Waals surface area contributed by atoms with Gasteiger partial charge in [-0.25, -0.2) is 9.37 Å². The molecular formula is C21H13F4N3O3S. The van der Waals surface area contributed by atoms with Gasteiger partial charge in [0.1, 0.15) is 22.9 Å². The largest absolute Gasteiger partial charge is 0.573 e. The fourth-order valence-corrected chi connectivity index (χ4v) is 3.92. The molecular weight excluding hydrogens is 450 g/mol. The molecule has 0 aliphatic rings. The molecule has 0 bridgehead atoms. The lowest BCUT2D eigenvalue weighted by Crippen LogP contribution is -2.27. The Morgan fingerprint density at radius 2 is 1.78 bits per heavy atom. The number of fused-ring (bicyclic) bond motifs is 1. The summed E-state index contributed by atoms with van der Waals surface area (Å²) in [6.07, 6.45) is -3.57. The lowest BCUT2D eigenvalue weighted by molar-refractivity contribution is -0.274. The van der Waals surface area contributed by atoms with Crippen molar-refractivity contribution in [2.24, 2.45) is 0 Å². The Balaban J connectivity index is 1.53. The number of nitrogens with zero attached hydrogens (tertiary/aromatic N) is 2. The number of ether oxygens (including phenoxy) is 1. The zero-order valence-electron chi connectivity index (χ0n) is 16.0. The fraction of sp³-hybridized carbons (Fsp3) is 0.0952. The van der Waals surface area contributed by atoms with Crippen molar-refractivity contribution >= 4 is 33.1 Å². The average Bonchev–Trinajstić information content (AvgIpc) is 3.16. The van der Waals surface area contributed by atoms with Gasteiger partial charge in [-0.1, -0.05) is 12.1 Å². The van der Waals surface area contributed by atoms with Crippen molar-refractivity contribution in [1.29, 1.82) is 0 Å². The minimum atomic E-state index is -4.81. The predicted molar refractivity (Wildman–Crippen MR) is 111 cm³/mol. The van der Waals surface area contributed by atoms with E-state index in [0.717, 1.165) is 16.7 Å². The SMILES string of the molecule is O=C(Cn1cnc2scc(-c3ccc(F)cc3)c2c1=O)Nc1ccc(OC(F)(F)F)cc1. The van der Waals surface area contributed by atoms with Crippen molar-refractivity contribution in [3.05, 3.63) is 76.4 Å². The molecule has 2 aromatic carbocycles. The minimum Gasteiger partial charge on any atom is -0.406 e. The summed E-state index contributed by atoms with van der Waals surface area (Å²) in [5.41, 5.74) is 1.01. The summed E-state index contributed by atoms with van der Waals surface area (Å²) in [6.45, 7) is -0.360. The molecule has 32 heavy (non-hydrogen) atoms. The minimum absolute atomic E-state index is 0.231. The van der Waals surface area contributed by atoms with E-state index in [2.05, 4.69) is 15.0 Å². The Kier molecular flexibility index (Phi) is 5.66. The van der Waals surface area contributed by atoms with Gasteiger partial charge in [-0.3, -0.25) is 14.2 Å². The van der Waals surface area contributed by atoms with Crippen molar-refractivity contribution in [3.63, 3.8) is 0 Å². The van der Waals surface area contributed by atoms with E-state index in [9.17, 15) is 27.2 Å². The van der Waals surface area contributed by atoms with Crippen LogP contribution in [0.15, 0.2) is 65.0 Å². The van der Waals surface area contributed by atoms with Crippen molar-refractivity contribution in [2.75, 3.05) is 5.32 Å². The van der Waals surface area contributed by atoms with Gasteiger partial charge in [0, 0.05) is 16.6 Å². The zero-order chi connectivity index (χ0) is 22.9. The number of rotatable bonds is 5. The summed E-state index contributed by atoms with van der Waals surface area (Å²) in [6, 6.07) is 10.3. The molecule has 0 saturated heterocycles. The van der Waals surface area contributed by atoms with Crippen molar-refractivity contribution < 1.29 is 27.1 Å². The van der Waals surface area contributed by atoms with Crippen LogP contribution in [0.1, 0.15) is 0 Å². The second-order valence-electron chi connectivity index (χ2n) is 6.63. The highest BCUT2D eigenvalue weighted by Crippen LogP contribution is 2.30. The molecule has 0 spiro atoms. The third-order valence-electron chi connectivity index (χ3n) is 4.40. The summed E-state index contributed by atoms with van der Waals surface area (Å²) in [5.74, 6) is -1.40. The number of thiophene rings is 1. The van der Waals surface area contributed by atoms with Gasteiger partial charge in [-0.05, 0) is 42.0 Å². The lowest BCUT2D eigenvalue weighted by atomic mass is 10.1. The van der Waals surface area contributed by atoms with E-state index < -0.39 is 29.4 Å². The number of amides is 1. The molecule has 1 N–H and O–H groups in total. The summed E-state index contributed by atoms with van der Waals surface area (Å²) < 4.78 is 54.8. The van der Waals surface area contributed by atoms with Crippen LogP contribution in [-0.2, 0) is 11.3 Å². The van der Waals surface area contributed by atoms with Crippen LogP contribution in [0.2, 0.25) is 0 Å². The van der Waals surface area contributed by atoms with Crippen LogP contribution in [0, 0.1) is 5.82 Å². The van der Waals surface area contributed by atoms with Crippen molar-refractivity contribution in [2.45, 2.75) is 12.9 Å². The van der Waals surface area contributed by atoms with E-state index in [1.165, 1.54) is 41.9 Å². The van der Waals surface area contributed by atoms with E-state index in [0.29, 0.717) is 21.3 Å². The molecule has 2 heterocycles. The van der Waals surface area contributed by atoms with Crippen LogP contribution in [-0.4, -0.2) is 21.8 Å². The molecule has 1 amide bonds. The van der Waals surface area contributed by atoms with Gasteiger partial charge in [0.05, 0.1) is 11.7 Å². The molecule has 0 aliphatic heterocycles. The molecule has 11 heteroatoms.